The van der Waals surface area contributed by atoms with Crippen LogP contribution < -0.4 is 9.47 Å². The van der Waals surface area contributed by atoms with Crippen molar-refractivity contribution in [3.63, 3.8) is 0 Å². The smallest absolute Gasteiger partial charge is 0.339 e. The molecule has 110 valence electrons. The van der Waals surface area contributed by atoms with Gasteiger partial charge in [0.05, 0.1) is 6.61 Å². The van der Waals surface area contributed by atoms with E-state index in [0.717, 1.165) is 5.56 Å². The third-order valence-corrected chi connectivity index (χ3v) is 3.72. The van der Waals surface area contributed by atoms with Crippen LogP contribution in [0.1, 0.15) is 31.1 Å². The number of benzene rings is 1. The van der Waals surface area contributed by atoms with E-state index in [1.165, 1.54) is 0 Å². The van der Waals surface area contributed by atoms with E-state index in [-0.39, 0.29) is 6.61 Å². The standard InChI is InChI=1S/C14H17BrO5/c1-3-8-11(12(16)14(17)18-4-2)9(15)7-10-13(8)20-6-5-19-10/h7,12,16H,3-6H2,1-2H3. The average molecular weight is 345 g/mol. The molecule has 1 aliphatic heterocycles. The van der Waals surface area contributed by atoms with Crippen molar-refractivity contribution < 1.29 is 24.1 Å². The Morgan fingerprint density at radius 2 is 2.15 bits per heavy atom. The molecule has 5 nitrogen and oxygen atoms in total. The molecule has 6 heteroatoms. The van der Waals surface area contributed by atoms with Crippen LogP contribution in [0.25, 0.3) is 0 Å². The summed E-state index contributed by atoms with van der Waals surface area (Å²) in [5, 5.41) is 10.2. The first kappa shape index (κ1) is 15.1. The number of aliphatic hydroxyl groups is 1. The summed E-state index contributed by atoms with van der Waals surface area (Å²) in [5.74, 6) is 0.555. The number of carbonyl (C=O) groups is 1. The van der Waals surface area contributed by atoms with Gasteiger partial charge in [0.2, 0.25) is 0 Å². The van der Waals surface area contributed by atoms with Gasteiger partial charge in [0.1, 0.15) is 13.2 Å². The van der Waals surface area contributed by atoms with E-state index in [1.54, 1.807) is 13.0 Å². The second-order valence-electron chi connectivity index (χ2n) is 4.28. The Kier molecular flexibility index (Phi) is 4.88. The zero-order valence-corrected chi connectivity index (χ0v) is 13.0. The molecule has 0 aliphatic carbocycles. The van der Waals surface area contributed by atoms with E-state index in [2.05, 4.69) is 15.9 Å². The van der Waals surface area contributed by atoms with E-state index < -0.39 is 12.1 Å². The normalized spacial score (nSPS) is 14.8. The minimum absolute atomic E-state index is 0.222. The Labute approximate surface area is 126 Å². The molecule has 0 saturated heterocycles. The van der Waals surface area contributed by atoms with Crippen LogP contribution in [0.2, 0.25) is 0 Å². The van der Waals surface area contributed by atoms with Crippen molar-refractivity contribution in [1.82, 2.24) is 0 Å². The van der Waals surface area contributed by atoms with Gasteiger partial charge in [0.15, 0.2) is 17.6 Å². The predicted molar refractivity (Wildman–Crippen MR) is 76.1 cm³/mol. The van der Waals surface area contributed by atoms with Crippen molar-refractivity contribution in [2.75, 3.05) is 19.8 Å². The molecule has 1 aromatic rings. The van der Waals surface area contributed by atoms with Crippen molar-refractivity contribution in [1.29, 1.82) is 0 Å². The molecule has 0 aromatic heterocycles. The second kappa shape index (κ2) is 6.45. The van der Waals surface area contributed by atoms with E-state index in [1.807, 2.05) is 6.92 Å². The van der Waals surface area contributed by atoms with E-state index in [9.17, 15) is 9.90 Å². The summed E-state index contributed by atoms with van der Waals surface area (Å²) >= 11 is 3.38. The Bertz CT molecular complexity index is 515. The highest BCUT2D eigenvalue weighted by molar-refractivity contribution is 9.10. The predicted octanol–water partition coefficient (Wildman–Crippen LogP) is 2.38. The summed E-state index contributed by atoms with van der Waals surface area (Å²) in [6, 6.07) is 1.71. The first-order valence-electron chi connectivity index (χ1n) is 6.55. The van der Waals surface area contributed by atoms with Gasteiger partial charge >= 0.3 is 5.97 Å². The van der Waals surface area contributed by atoms with Gasteiger partial charge in [0, 0.05) is 15.6 Å². The molecular weight excluding hydrogens is 328 g/mol. The van der Waals surface area contributed by atoms with Crippen LogP contribution in [0, 0.1) is 0 Å². The fourth-order valence-electron chi connectivity index (χ4n) is 2.22. The van der Waals surface area contributed by atoms with Crippen LogP contribution in [0.5, 0.6) is 11.5 Å². The Morgan fingerprint density at radius 3 is 2.80 bits per heavy atom. The third kappa shape index (κ3) is 2.76. The van der Waals surface area contributed by atoms with Crippen molar-refractivity contribution >= 4 is 21.9 Å². The van der Waals surface area contributed by atoms with Crippen LogP contribution >= 0.6 is 15.9 Å². The lowest BCUT2D eigenvalue weighted by molar-refractivity contribution is -0.153. The monoisotopic (exact) mass is 344 g/mol. The van der Waals surface area contributed by atoms with Gasteiger partial charge in [0.25, 0.3) is 0 Å². The number of aliphatic hydroxyl groups excluding tert-OH is 1. The number of halogens is 1. The molecule has 1 heterocycles. The molecule has 0 spiro atoms. The highest BCUT2D eigenvalue weighted by Gasteiger charge is 2.29. The van der Waals surface area contributed by atoms with Crippen LogP contribution in [-0.4, -0.2) is 30.9 Å². The Balaban J connectivity index is 2.49. The number of carbonyl (C=O) groups excluding carboxylic acids is 1. The highest BCUT2D eigenvalue weighted by Crippen LogP contribution is 2.42. The quantitative estimate of drug-likeness (QED) is 0.849. The molecule has 0 radical (unpaired) electrons. The minimum atomic E-state index is -1.34. The van der Waals surface area contributed by atoms with Gasteiger partial charge in [-0.3, -0.25) is 0 Å². The molecule has 20 heavy (non-hydrogen) atoms. The maximum Gasteiger partial charge on any atom is 0.339 e. The fourth-order valence-corrected chi connectivity index (χ4v) is 2.88. The number of rotatable bonds is 4. The molecule has 2 rings (SSSR count). The van der Waals surface area contributed by atoms with Crippen LogP contribution in [-0.2, 0) is 16.0 Å². The lowest BCUT2D eigenvalue weighted by atomic mass is 9.98. The van der Waals surface area contributed by atoms with Gasteiger partial charge in [-0.05, 0) is 19.4 Å². The first-order chi connectivity index (χ1) is 9.60. The number of fused-ring (bicyclic) bond motifs is 1. The van der Waals surface area contributed by atoms with Crippen LogP contribution in [0.4, 0.5) is 0 Å². The van der Waals surface area contributed by atoms with Crippen LogP contribution in [0.15, 0.2) is 10.5 Å². The lowest BCUT2D eigenvalue weighted by Gasteiger charge is -2.25. The molecule has 1 aliphatic rings. The zero-order valence-electron chi connectivity index (χ0n) is 11.4. The van der Waals surface area contributed by atoms with Crippen molar-refractivity contribution in [2.24, 2.45) is 0 Å². The Morgan fingerprint density at radius 1 is 1.45 bits per heavy atom. The topological polar surface area (TPSA) is 65.0 Å². The second-order valence-corrected chi connectivity index (χ2v) is 5.14. The number of esters is 1. The number of hydrogen-bond acceptors (Lipinski definition) is 5. The van der Waals surface area contributed by atoms with Crippen molar-refractivity contribution in [3.8, 4) is 11.5 Å². The van der Waals surface area contributed by atoms with Gasteiger partial charge in [-0.1, -0.05) is 22.9 Å². The Hall–Kier alpha value is -1.27. The van der Waals surface area contributed by atoms with Gasteiger partial charge in [-0.25, -0.2) is 4.79 Å². The molecule has 1 N–H and O–H groups in total. The molecule has 1 atom stereocenters. The van der Waals surface area contributed by atoms with Gasteiger partial charge in [-0.2, -0.15) is 0 Å². The highest BCUT2D eigenvalue weighted by atomic mass is 79.9. The molecule has 0 bridgehead atoms. The average Bonchev–Trinajstić information content (AvgIpc) is 2.45. The van der Waals surface area contributed by atoms with Gasteiger partial charge < -0.3 is 19.3 Å². The molecule has 1 aromatic carbocycles. The lowest BCUT2D eigenvalue weighted by Crippen LogP contribution is -2.21. The molecule has 0 amide bonds. The SMILES string of the molecule is CCOC(=O)C(O)c1c(Br)cc2c(c1CC)OCCO2. The largest absolute Gasteiger partial charge is 0.486 e. The number of hydrogen-bond donors (Lipinski definition) is 1. The van der Waals surface area contributed by atoms with E-state index in [4.69, 9.17) is 14.2 Å². The summed E-state index contributed by atoms with van der Waals surface area (Å²) in [7, 11) is 0. The summed E-state index contributed by atoms with van der Waals surface area (Å²) < 4.78 is 16.6. The molecule has 0 saturated carbocycles. The fraction of sp³-hybridized carbons (Fsp3) is 0.500. The summed E-state index contributed by atoms with van der Waals surface area (Å²) in [6.45, 7) is 4.80. The maximum absolute atomic E-state index is 11.8. The minimum Gasteiger partial charge on any atom is -0.486 e. The van der Waals surface area contributed by atoms with Crippen molar-refractivity contribution in [3.05, 3.63) is 21.7 Å². The summed E-state index contributed by atoms with van der Waals surface area (Å²) in [6.07, 6.45) is -0.730. The van der Waals surface area contributed by atoms with Gasteiger partial charge in [-0.15, -0.1) is 0 Å². The zero-order chi connectivity index (χ0) is 14.7. The first-order valence-corrected chi connectivity index (χ1v) is 7.35. The third-order valence-electron chi connectivity index (χ3n) is 3.06. The number of ether oxygens (including phenoxy) is 3. The van der Waals surface area contributed by atoms with Crippen LogP contribution in [0.3, 0.4) is 0 Å². The van der Waals surface area contributed by atoms with E-state index in [0.29, 0.717) is 41.2 Å². The molecular formula is C14H17BrO5. The molecule has 1 unspecified atom stereocenters. The summed E-state index contributed by atoms with van der Waals surface area (Å²) in [5.41, 5.74) is 1.24. The van der Waals surface area contributed by atoms with Crippen molar-refractivity contribution in [2.45, 2.75) is 26.4 Å². The maximum atomic E-state index is 11.8. The molecule has 0 fully saturated rings. The van der Waals surface area contributed by atoms with E-state index >= 15 is 0 Å². The summed E-state index contributed by atoms with van der Waals surface area (Å²) in [4.78, 5) is 11.8.